The fourth-order valence-corrected chi connectivity index (χ4v) is 2.39. The minimum Gasteiger partial charge on any atom is -0.512 e. The van der Waals surface area contributed by atoms with Crippen molar-refractivity contribution in [2.45, 2.75) is 25.7 Å². The van der Waals surface area contributed by atoms with E-state index in [2.05, 4.69) is 0 Å². The highest BCUT2D eigenvalue weighted by Crippen LogP contribution is 2.27. The zero-order valence-corrected chi connectivity index (χ0v) is 13.7. The smallest absolute Gasteiger partial charge is 0.160 e. The molecule has 2 N–H and O–H groups in total. The summed E-state index contributed by atoms with van der Waals surface area (Å²) in [4.78, 5) is 11.9. The van der Waals surface area contributed by atoms with Crippen LogP contribution in [-0.4, -0.2) is 23.1 Å². The Balaban J connectivity index is 1.83. The molecule has 0 atom stereocenters. The zero-order chi connectivity index (χ0) is 17.4. The molecule has 0 aliphatic carbocycles. The van der Waals surface area contributed by atoms with Gasteiger partial charge in [-0.05, 0) is 36.1 Å². The number of hydrogen-bond donors (Lipinski definition) is 2. The molecule has 4 heteroatoms. The molecule has 2 rings (SSSR count). The van der Waals surface area contributed by atoms with Gasteiger partial charge in [-0.15, -0.1) is 0 Å². The van der Waals surface area contributed by atoms with E-state index in [0.717, 1.165) is 11.1 Å². The minimum absolute atomic E-state index is 0.0695. The molecule has 0 amide bonds. The van der Waals surface area contributed by atoms with Crippen molar-refractivity contribution >= 4 is 5.78 Å². The molecule has 0 aromatic heterocycles. The monoisotopic (exact) mass is 326 g/mol. The molecule has 0 saturated heterocycles. The van der Waals surface area contributed by atoms with Gasteiger partial charge in [0.1, 0.15) is 0 Å². The summed E-state index contributed by atoms with van der Waals surface area (Å²) in [5, 5.41) is 19.5. The number of aliphatic hydroxyl groups is 1. The highest BCUT2D eigenvalue weighted by Gasteiger charge is 2.05. The Bertz CT molecular complexity index is 705. The van der Waals surface area contributed by atoms with Gasteiger partial charge in [-0.1, -0.05) is 36.4 Å². The van der Waals surface area contributed by atoms with Gasteiger partial charge in [0.15, 0.2) is 17.3 Å². The summed E-state index contributed by atoms with van der Waals surface area (Å²) in [7, 11) is 1.49. The van der Waals surface area contributed by atoms with Crippen molar-refractivity contribution in [3.8, 4) is 11.5 Å². The molecule has 0 aliphatic heterocycles. The molecule has 2 aromatic rings. The number of methoxy groups -OCH3 is 1. The number of allylic oxidation sites excluding steroid dienone is 2. The van der Waals surface area contributed by atoms with E-state index < -0.39 is 0 Å². The van der Waals surface area contributed by atoms with Gasteiger partial charge >= 0.3 is 0 Å². The third-order valence-corrected chi connectivity index (χ3v) is 3.74. The lowest BCUT2D eigenvalue weighted by Gasteiger charge is -2.06. The van der Waals surface area contributed by atoms with Gasteiger partial charge in [0, 0.05) is 18.9 Å². The summed E-state index contributed by atoms with van der Waals surface area (Å²) < 4.78 is 5.05. The van der Waals surface area contributed by atoms with E-state index in [1.165, 1.54) is 13.2 Å². The molecule has 0 heterocycles. The molecule has 0 fully saturated rings. The number of ketones is 1. The van der Waals surface area contributed by atoms with Gasteiger partial charge in [0.05, 0.1) is 12.9 Å². The summed E-state index contributed by atoms with van der Waals surface area (Å²) in [6, 6.07) is 14.8. The fourth-order valence-electron chi connectivity index (χ4n) is 2.39. The quantitative estimate of drug-likeness (QED) is 0.569. The van der Waals surface area contributed by atoms with E-state index >= 15 is 0 Å². The second kappa shape index (κ2) is 8.77. The number of ether oxygens (including phenoxy) is 1. The number of phenolic OH excluding ortho intramolecular Hbond substituents is 1. The molecule has 0 bridgehead atoms. The maximum Gasteiger partial charge on any atom is 0.160 e. The number of aliphatic hydroxyl groups excluding tert-OH is 1. The van der Waals surface area contributed by atoms with Gasteiger partial charge < -0.3 is 14.9 Å². The van der Waals surface area contributed by atoms with Crippen molar-refractivity contribution in [3.63, 3.8) is 0 Å². The highest BCUT2D eigenvalue weighted by molar-refractivity contribution is 5.90. The van der Waals surface area contributed by atoms with Crippen LogP contribution in [0.15, 0.2) is 60.4 Å². The Hall–Kier alpha value is -2.75. The van der Waals surface area contributed by atoms with E-state index in [4.69, 9.17) is 4.74 Å². The second-order valence-corrected chi connectivity index (χ2v) is 5.59. The average Bonchev–Trinajstić information content (AvgIpc) is 2.60. The predicted octanol–water partition coefficient (Wildman–Crippen LogP) is 3.98. The van der Waals surface area contributed by atoms with Gasteiger partial charge in [0.2, 0.25) is 0 Å². The van der Waals surface area contributed by atoms with Crippen LogP contribution in [0.25, 0.3) is 0 Å². The minimum atomic E-state index is -0.0837. The van der Waals surface area contributed by atoms with Gasteiger partial charge in [0.25, 0.3) is 0 Å². The molecular formula is C20H22O4. The highest BCUT2D eigenvalue weighted by atomic mass is 16.5. The first-order valence-electron chi connectivity index (χ1n) is 7.90. The third-order valence-electron chi connectivity index (χ3n) is 3.74. The molecule has 126 valence electrons. The normalized spacial score (nSPS) is 11.3. The van der Waals surface area contributed by atoms with Crippen LogP contribution in [0.2, 0.25) is 0 Å². The molecule has 24 heavy (non-hydrogen) atoms. The molecule has 0 aliphatic rings. The average molecular weight is 326 g/mol. The van der Waals surface area contributed by atoms with Gasteiger partial charge in [-0.2, -0.15) is 0 Å². The summed E-state index contributed by atoms with van der Waals surface area (Å²) in [5.74, 6) is 0.465. The molecule has 0 spiro atoms. The van der Waals surface area contributed by atoms with E-state index in [1.54, 1.807) is 18.2 Å². The third kappa shape index (κ3) is 5.47. The summed E-state index contributed by atoms with van der Waals surface area (Å²) in [6.45, 7) is 0. The van der Waals surface area contributed by atoms with Crippen molar-refractivity contribution in [1.29, 1.82) is 0 Å². The zero-order valence-electron chi connectivity index (χ0n) is 13.7. The predicted molar refractivity (Wildman–Crippen MR) is 93.5 cm³/mol. The van der Waals surface area contributed by atoms with E-state index in [-0.39, 0.29) is 17.3 Å². The molecule has 4 nitrogen and oxygen atoms in total. The Morgan fingerprint density at radius 2 is 1.75 bits per heavy atom. The number of benzene rings is 2. The first-order valence-corrected chi connectivity index (χ1v) is 7.90. The van der Waals surface area contributed by atoms with E-state index in [0.29, 0.717) is 31.4 Å². The van der Waals surface area contributed by atoms with Crippen LogP contribution >= 0.6 is 0 Å². The van der Waals surface area contributed by atoms with Crippen LogP contribution in [0.1, 0.15) is 24.0 Å². The Kier molecular flexibility index (Phi) is 6.43. The number of hydrogen-bond acceptors (Lipinski definition) is 4. The number of aryl methyl sites for hydroxylation is 2. The van der Waals surface area contributed by atoms with Crippen molar-refractivity contribution < 1.29 is 19.7 Å². The second-order valence-electron chi connectivity index (χ2n) is 5.59. The SMILES string of the molecule is COc1cc(CC/C(O)=C/C(=O)CCc2ccccc2)ccc1O. The van der Waals surface area contributed by atoms with Crippen molar-refractivity contribution in [2.24, 2.45) is 0 Å². The van der Waals surface area contributed by atoms with Crippen LogP contribution in [-0.2, 0) is 17.6 Å². The molecule has 0 saturated carbocycles. The topological polar surface area (TPSA) is 66.8 Å². The Labute approximate surface area is 142 Å². The first-order chi connectivity index (χ1) is 11.6. The van der Waals surface area contributed by atoms with Crippen molar-refractivity contribution in [2.75, 3.05) is 7.11 Å². The number of aromatic hydroxyl groups is 1. The maximum atomic E-state index is 11.9. The number of phenols is 1. The van der Waals surface area contributed by atoms with E-state index in [1.807, 2.05) is 30.3 Å². The number of rotatable bonds is 8. The van der Waals surface area contributed by atoms with E-state index in [9.17, 15) is 15.0 Å². The van der Waals surface area contributed by atoms with Crippen LogP contribution in [0, 0.1) is 0 Å². The first kappa shape index (κ1) is 17.6. The van der Waals surface area contributed by atoms with Crippen molar-refractivity contribution in [3.05, 3.63) is 71.5 Å². The van der Waals surface area contributed by atoms with Gasteiger partial charge in [-0.25, -0.2) is 0 Å². The van der Waals surface area contributed by atoms with Crippen LogP contribution < -0.4 is 4.74 Å². The fraction of sp³-hybridized carbons (Fsp3) is 0.250. The number of carbonyl (C=O) groups excluding carboxylic acids is 1. The largest absolute Gasteiger partial charge is 0.512 e. The molecule has 0 radical (unpaired) electrons. The lowest BCUT2D eigenvalue weighted by molar-refractivity contribution is -0.114. The maximum absolute atomic E-state index is 11.9. The lowest BCUT2D eigenvalue weighted by Crippen LogP contribution is -1.99. The summed E-state index contributed by atoms with van der Waals surface area (Å²) >= 11 is 0. The van der Waals surface area contributed by atoms with Crippen LogP contribution in [0.4, 0.5) is 0 Å². The molecule has 2 aromatic carbocycles. The molecule has 0 unspecified atom stereocenters. The summed E-state index contributed by atoms with van der Waals surface area (Å²) in [5.41, 5.74) is 2.02. The van der Waals surface area contributed by atoms with Crippen LogP contribution in [0.5, 0.6) is 11.5 Å². The van der Waals surface area contributed by atoms with Gasteiger partial charge in [-0.3, -0.25) is 4.79 Å². The Morgan fingerprint density at radius 1 is 1.04 bits per heavy atom. The van der Waals surface area contributed by atoms with Crippen LogP contribution in [0.3, 0.4) is 0 Å². The standard InChI is InChI=1S/C20H22O4/c1-24-20-13-16(9-12-19(20)23)8-11-18(22)14-17(21)10-7-15-5-3-2-4-6-15/h2-6,9,12-14,22-23H,7-8,10-11H2,1H3/b18-14-. The molecular weight excluding hydrogens is 304 g/mol. The Morgan fingerprint density at radius 3 is 2.46 bits per heavy atom. The van der Waals surface area contributed by atoms with Crippen molar-refractivity contribution in [1.82, 2.24) is 0 Å². The summed E-state index contributed by atoms with van der Waals surface area (Å²) in [6.07, 6.45) is 3.27. The number of carbonyl (C=O) groups is 1. The lowest BCUT2D eigenvalue weighted by atomic mass is 10.1.